The highest BCUT2D eigenvalue weighted by Gasteiger charge is 2.18. The number of benzene rings is 8. The van der Waals surface area contributed by atoms with Gasteiger partial charge in [0.2, 0.25) is 0 Å². The molecule has 8 aromatic carbocycles. The number of hydrogen-bond donors (Lipinski definition) is 0. The van der Waals surface area contributed by atoms with Gasteiger partial charge in [0.25, 0.3) is 0 Å². The minimum absolute atomic E-state index is 0.625. The van der Waals surface area contributed by atoms with Crippen molar-refractivity contribution in [3.8, 4) is 67.5 Å². The van der Waals surface area contributed by atoms with Gasteiger partial charge < -0.3 is 4.42 Å². The molecule has 0 saturated heterocycles. The predicted octanol–water partition coefficient (Wildman–Crippen LogP) is 14.1. The third kappa shape index (κ3) is 5.48. The minimum atomic E-state index is 0.625. The van der Waals surface area contributed by atoms with E-state index in [4.69, 9.17) is 19.4 Å². The van der Waals surface area contributed by atoms with Gasteiger partial charge in [-0.05, 0) is 57.6 Å². The average Bonchev–Trinajstić information content (AvgIpc) is 3.86. The number of thiophene rings is 1. The Morgan fingerprint density at radius 2 is 0.804 bits per heavy atom. The highest BCUT2D eigenvalue weighted by Crippen LogP contribution is 2.45. The predicted molar refractivity (Wildman–Crippen MR) is 233 cm³/mol. The molecule has 0 aliphatic rings. The van der Waals surface area contributed by atoms with Crippen LogP contribution >= 0.6 is 11.3 Å². The first-order valence-electron chi connectivity index (χ1n) is 18.7. The van der Waals surface area contributed by atoms with Gasteiger partial charge in [0.15, 0.2) is 17.5 Å². The lowest BCUT2D eigenvalue weighted by Gasteiger charge is -2.10. The molecule has 0 spiro atoms. The molecule has 0 N–H and O–H groups in total. The van der Waals surface area contributed by atoms with Gasteiger partial charge in [0, 0.05) is 47.6 Å². The van der Waals surface area contributed by atoms with Gasteiger partial charge in [-0.25, -0.2) is 15.0 Å². The van der Waals surface area contributed by atoms with Crippen LogP contribution in [0.3, 0.4) is 0 Å². The molecule has 11 aromatic rings. The Balaban J connectivity index is 1.02. The van der Waals surface area contributed by atoms with Crippen LogP contribution in [0, 0.1) is 0 Å². The van der Waals surface area contributed by atoms with E-state index in [-0.39, 0.29) is 0 Å². The van der Waals surface area contributed by atoms with Crippen LogP contribution in [0.1, 0.15) is 0 Å². The van der Waals surface area contributed by atoms with Crippen LogP contribution in [0.5, 0.6) is 0 Å². The maximum absolute atomic E-state index is 6.64. The molecule has 0 radical (unpaired) electrons. The number of furan rings is 1. The van der Waals surface area contributed by atoms with Gasteiger partial charge in [-0.15, -0.1) is 11.3 Å². The standard InChI is InChI=1S/C51H31N3OS/c1-4-14-32(15-5-1)39-23-11-25-41-42-26-12-24-40(48(42)56-47(39)41)36-28-29-43-45(31-36)55-44-27-13-22-38(46(43)44)35-20-10-21-37(30-35)51-53-49(33-16-6-2-7-17-33)52-50(54-51)34-18-8-3-9-19-34/h1-31H. The zero-order valence-corrected chi connectivity index (χ0v) is 30.9. The summed E-state index contributed by atoms with van der Waals surface area (Å²) in [7, 11) is 0. The Labute approximate surface area is 327 Å². The lowest BCUT2D eigenvalue weighted by molar-refractivity contribution is 0.669. The maximum Gasteiger partial charge on any atom is 0.164 e. The summed E-state index contributed by atoms with van der Waals surface area (Å²) in [4.78, 5) is 14.9. The molecule has 11 rings (SSSR count). The van der Waals surface area contributed by atoms with Crippen molar-refractivity contribution >= 4 is 53.4 Å². The quantitative estimate of drug-likeness (QED) is 0.171. The van der Waals surface area contributed by atoms with Gasteiger partial charge in [-0.2, -0.15) is 0 Å². The van der Waals surface area contributed by atoms with E-state index in [1.54, 1.807) is 0 Å². The molecule has 0 unspecified atom stereocenters. The number of hydrogen-bond acceptors (Lipinski definition) is 5. The second-order valence-corrected chi connectivity index (χ2v) is 15.0. The molecular weight excluding hydrogens is 703 g/mol. The summed E-state index contributed by atoms with van der Waals surface area (Å²) in [6, 6.07) is 65.5. The molecule has 0 saturated carbocycles. The van der Waals surface area contributed by atoms with Crippen molar-refractivity contribution in [2.75, 3.05) is 0 Å². The lowest BCUT2D eigenvalue weighted by atomic mass is 9.96. The van der Waals surface area contributed by atoms with Crippen LogP contribution in [-0.2, 0) is 0 Å². The number of nitrogens with zero attached hydrogens (tertiary/aromatic N) is 3. The highest BCUT2D eigenvalue weighted by molar-refractivity contribution is 7.26. The van der Waals surface area contributed by atoms with Gasteiger partial charge in [-0.1, -0.05) is 164 Å². The largest absolute Gasteiger partial charge is 0.456 e. The van der Waals surface area contributed by atoms with Crippen molar-refractivity contribution in [1.82, 2.24) is 15.0 Å². The SMILES string of the molecule is c1ccc(-c2nc(-c3ccccc3)nc(-c3cccc(-c4cccc5oc6cc(-c7cccc8c7sc7c(-c9ccccc9)cccc78)ccc6c45)c3)n2)cc1. The van der Waals surface area contributed by atoms with Crippen molar-refractivity contribution in [1.29, 1.82) is 0 Å². The molecule has 0 amide bonds. The summed E-state index contributed by atoms with van der Waals surface area (Å²) in [6.45, 7) is 0. The van der Waals surface area contributed by atoms with Crippen LogP contribution in [-0.4, -0.2) is 15.0 Å². The van der Waals surface area contributed by atoms with E-state index in [9.17, 15) is 0 Å². The second kappa shape index (κ2) is 13.3. The first kappa shape index (κ1) is 32.2. The third-order valence-electron chi connectivity index (χ3n) is 10.5. The first-order chi connectivity index (χ1) is 27.7. The zero-order valence-electron chi connectivity index (χ0n) is 30.1. The van der Waals surface area contributed by atoms with Crippen molar-refractivity contribution in [2.24, 2.45) is 0 Å². The minimum Gasteiger partial charge on any atom is -0.456 e. The third-order valence-corrected chi connectivity index (χ3v) is 11.8. The van der Waals surface area contributed by atoms with Gasteiger partial charge in [0.1, 0.15) is 11.2 Å². The first-order valence-corrected chi connectivity index (χ1v) is 19.5. The van der Waals surface area contributed by atoms with E-state index in [0.717, 1.165) is 55.3 Å². The maximum atomic E-state index is 6.64. The Morgan fingerprint density at radius 3 is 1.45 bits per heavy atom. The molecule has 4 nitrogen and oxygen atoms in total. The Hall–Kier alpha value is -7.21. The molecule has 0 aliphatic carbocycles. The molecule has 262 valence electrons. The van der Waals surface area contributed by atoms with E-state index in [0.29, 0.717) is 17.5 Å². The van der Waals surface area contributed by atoms with Crippen LogP contribution < -0.4 is 0 Å². The van der Waals surface area contributed by atoms with E-state index in [2.05, 4.69) is 127 Å². The Morgan fingerprint density at radius 1 is 0.321 bits per heavy atom. The molecular formula is C51H31N3OS. The normalized spacial score (nSPS) is 11.6. The zero-order chi connectivity index (χ0) is 37.0. The van der Waals surface area contributed by atoms with Gasteiger partial charge >= 0.3 is 0 Å². The van der Waals surface area contributed by atoms with Crippen LogP contribution in [0.15, 0.2) is 192 Å². The molecule has 0 fully saturated rings. The fourth-order valence-electron chi connectivity index (χ4n) is 7.89. The van der Waals surface area contributed by atoms with Gasteiger partial charge in [0.05, 0.1) is 0 Å². The summed E-state index contributed by atoms with van der Waals surface area (Å²) in [5.41, 5.74) is 11.5. The van der Waals surface area contributed by atoms with E-state index in [1.165, 1.54) is 36.9 Å². The molecule has 0 aliphatic heterocycles. The molecule has 3 heterocycles. The highest BCUT2D eigenvalue weighted by atomic mass is 32.1. The monoisotopic (exact) mass is 733 g/mol. The Kier molecular flexibility index (Phi) is 7.64. The molecule has 0 bridgehead atoms. The summed E-state index contributed by atoms with van der Waals surface area (Å²) < 4.78 is 9.23. The number of fused-ring (bicyclic) bond motifs is 6. The van der Waals surface area contributed by atoms with E-state index < -0.39 is 0 Å². The van der Waals surface area contributed by atoms with E-state index >= 15 is 0 Å². The van der Waals surface area contributed by atoms with E-state index in [1.807, 2.05) is 72.0 Å². The summed E-state index contributed by atoms with van der Waals surface area (Å²) in [5.74, 6) is 1.91. The fourth-order valence-corrected chi connectivity index (χ4v) is 9.26. The average molecular weight is 734 g/mol. The van der Waals surface area contributed by atoms with Crippen molar-refractivity contribution in [2.45, 2.75) is 0 Å². The summed E-state index contributed by atoms with van der Waals surface area (Å²) in [5, 5.41) is 4.73. The molecule has 3 aromatic heterocycles. The van der Waals surface area contributed by atoms with Crippen LogP contribution in [0.4, 0.5) is 0 Å². The van der Waals surface area contributed by atoms with Crippen molar-refractivity contribution in [3.63, 3.8) is 0 Å². The van der Waals surface area contributed by atoms with Crippen LogP contribution in [0.2, 0.25) is 0 Å². The van der Waals surface area contributed by atoms with Crippen molar-refractivity contribution < 1.29 is 4.42 Å². The molecule has 5 heteroatoms. The number of rotatable bonds is 6. The molecule has 56 heavy (non-hydrogen) atoms. The van der Waals surface area contributed by atoms with Gasteiger partial charge in [-0.3, -0.25) is 0 Å². The van der Waals surface area contributed by atoms with Crippen LogP contribution in [0.25, 0.3) is 110 Å². The lowest BCUT2D eigenvalue weighted by Crippen LogP contribution is -2.00. The smallest absolute Gasteiger partial charge is 0.164 e. The summed E-state index contributed by atoms with van der Waals surface area (Å²) in [6.07, 6.45) is 0. The second-order valence-electron chi connectivity index (χ2n) is 13.9. The fraction of sp³-hybridized carbons (Fsp3) is 0. The topological polar surface area (TPSA) is 51.8 Å². The number of aromatic nitrogens is 3. The Bertz CT molecular complexity index is 3180. The van der Waals surface area contributed by atoms with Crippen molar-refractivity contribution in [3.05, 3.63) is 188 Å². The summed E-state index contributed by atoms with van der Waals surface area (Å²) >= 11 is 1.87. The molecule has 0 atom stereocenters.